The summed E-state index contributed by atoms with van der Waals surface area (Å²) in [5.41, 5.74) is 0.232. The Morgan fingerprint density at radius 3 is 2.88 bits per heavy atom. The molecule has 0 radical (unpaired) electrons. The van der Waals surface area contributed by atoms with E-state index in [9.17, 15) is 14.0 Å². The molecule has 2 N–H and O–H groups in total. The van der Waals surface area contributed by atoms with Gasteiger partial charge in [0, 0.05) is 23.5 Å². The van der Waals surface area contributed by atoms with Gasteiger partial charge in [0.1, 0.15) is 5.82 Å². The molecule has 2 rings (SSSR count). The van der Waals surface area contributed by atoms with E-state index in [0.717, 1.165) is 6.42 Å². The zero-order chi connectivity index (χ0) is 18.2. The van der Waals surface area contributed by atoms with Gasteiger partial charge in [0.05, 0.1) is 5.56 Å². The van der Waals surface area contributed by atoms with Gasteiger partial charge in [-0.25, -0.2) is 4.39 Å². The summed E-state index contributed by atoms with van der Waals surface area (Å²) >= 11 is 3.23. The van der Waals surface area contributed by atoms with E-state index in [0.29, 0.717) is 10.4 Å². The molecule has 1 fully saturated rings. The van der Waals surface area contributed by atoms with Crippen LogP contribution in [0.4, 0.5) is 4.39 Å². The van der Waals surface area contributed by atoms with Crippen LogP contribution in [-0.4, -0.2) is 24.4 Å². The maximum absolute atomic E-state index is 13.2. The Balaban J connectivity index is 1.74. The van der Waals surface area contributed by atoms with E-state index in [-0.39, 0.29) is 36.4 Å². The van der Waals surface area contributed by atoms with E-state index >= 15 is 0 Å². The second kappa shape index (κ2) is 9.90. The highest BCUT2D eigenvalue weighted by molar-refractivity contribution is 9.10. The van der Waals surface area contributed by atoms with Gasteiger partial charge in [-0.2, -0.15) is 0 Å². The Kier molecular flexibility index (Phi) is 7.88. The SMILES string of the molecule is CCCCC1CCCC1NC(=O)CCNC(=O)c1cc(F)ccc1Br. The minimum absolute atomic E-state index is 0.0352. The Morgan fingerprint density at radius 2 is 2.12 bits per heavy atom. The van der Waals surface area contributed by atoms with Crippen molar-refractivity contribution >= 4 is 27.7 Å². The van der Waals surface area contributed by atoms with Crippen LogP contribution in [0.1, 0.15) is 62.2 Å². The quantitative estimate of drug-likeness (QED) is 0.672. The van der Waals surface area contributed by atoms with Crippen LogP contribution in [-0.2, 0) is 4.79 Å². The Morgan fingerprint density at radius 1 is 1.32 bits per heavy atom. The molecule has 2 unspecified atom stereocenters. The van der Waals surface area contributed by atoms with Crippen molar-refractivity contribution in [3.8, 4) is 0 Å². The molecule has 1 saturated carbocycles. The zero-order valence-corrected chi connectivity index (χ0v) is 16.2. The van der Waals surface area contributed by atoms with Crippen LogP contribution in [0.2, 0.25) is 0 Å². The van der Waals surface area contributed by atoms with Crippen LogP contribution in [0.3, 0.4) is 0 Å². The molecule has 25 heavy (non-hydrogen) atoms. The summed E-state index contributed by atoms with van der Waals surface area (Å²) in [5, 5.41) is 5.78. The zero-order valence-electron chi connectivity index (χ0n) is 14.6. The molecule has 2 amide bonds. The van der Waals surface area contributed by atoms with Gasteiger partial charge >= 0.3 is 0 Å². The molecule has 0 heterocycles. The average Bonchev–Trinajstić information content (AvgIpc) is 3.01. The summed E-state index contributed by atoms with van der Waals surface area (Å²) in [6, 6.07) is 4.22. The lowest BCUT2D eigenvalue weighted by atomic mass is 9.97. The number of rotatable bonds is 8. The molecule has 1 aliphatic carbocycles. The monoisotopic (exact) mass is 412 g/mol. The van der Waals surface area contributed by atoms with Crippen molar-refractivity contribution in [1.82, 2.24) is 10.6 Å². The average molecular weight is 413 g/mol. The fraction of sp³-hybridized carbons (Fsp3) is 0.579. The summed E-state index contributed by atoms with van der Waals surface area (Å²) in [7, 11) is 0. The lowest BCUT2D eigenvalue weighted by molar-refractivity contribution is -0.121. The first-order chi connectivity index (χ1) is 12.0. The number of hydrogen-bond donors (Lipinski definition) is 2. The third kappa shape index (κ3) is 6.10. The molecule has 1 aromatic carbocycles. The van der Waals surface area contributed by atoms with Crippen molar-refractivity contribution in [3.05, 3.63) is 34.1 Å². The number of carbonyl (C=O) groups is 2. The summed E-state index contributed by atoms with van der Waals surface area (Å²) in [4.78, 5) is 24.2. The molecule has 0 saturated heterocycles. The van der Waals surface area contributed by atoms with Gasteiger partial charge in [-0.15, -0.1) is 0 Å². The van der Waals surface area contributed by atoms with Gasteiger partial charge < -0.3 is 10.6 Å². The maximum atomic E-state index is 13.2. The smallest absolute Gasteiger partial charge is 0.252 e. The largest absolute Gasteiger partial charge is 0.353 e. The van der Waals surface area contributed by atoms with Gasteiger partial charge in [0.25, 0.3) is 5.91 Å². The van der Waals surface area contributed by atoms with E-state index in [1.807, 2.05) is 0 Å². The summed E-state index contributed by atoms with van der Waals surface area (Å²) in [6.45, 7) is 2.42. The Labute approximate surface area is 157 Å². The van der Waals surface area contributed by atoms with E-state index in [1.54, 1.807) is 0 Å². The molecule has 6 heteroatoms. The first-order valence-corrected chi connectivity index (χ1v) is 9.83. The number of carbonyl (C=O) groups excluding carboxylic acids is 2. The molecule has 1 aromatic rings. The number of halogens is 2. The number of benzene rings is 1. The fourth-order valence-corrected chi connectivity index (χ4v) is 3.80. The van der Waals surface area contributed by atoms with Gasteiger partial charge in [-0.3, -0.25) is 9.59 Å². The highest BCUT2D eigenvalue weighted by Gasteiger charge is 2.27. The number of unbranched alkanes of at least 4 members (excludes halogenated alkanes) is 1. The highest BCUT2D eigenvalue weighted by Crippen LogP contribution is 2.29. The van der Waals surface area contributed by atoms with E-state index in [4.69, 9.17) is 0 Å². The first-order valence-electron chi connectivity index (χ1n) is 9.04. The minimum Gasteiger partial charge on any atom is -0.353 e. The number of nitrogens with one attached hydrogen (secondary N) is 2. The predicted octanol–water partition coefficient (Wildman–Crippen LogP) is 4.18. The fourth-order valence-electron chi connectivity index (χ4n) is 3.37. The lowest BCUT2D eigenvalue weighted by Gasteiger charge is -2.21. The van der Waals surface area contributed by atoms with Crippen LogP contribution >= 0.6 is 15.9 Å². The number of amides is 2. The molecule has 138 valence electrons. The highest BCUT2D eigenvalue weighted by atomic mass is 79.9. The van der Waals surface area contributed by atoms with Gasteiger partial charge in [0.15, 0.2) is 0 Å². The van der Waals surface area contributed by atoms with Crippen molar-refractivity contribution in [2.45, 2.75) is 57.9 Å². The van der Waals surface area contributed by atoms with Crippen LogP contribution in [0, 0.1) is 11.7 Å². The molecular formula is C19H26BrFN2O2. The van der Waals surface area contributed by atoms with Crippen LogP contribution in [0.25, 0.3) is 0 Å². The normalized spacial score (nSPS) is 19.6. The maximum Gasteiger partial charge on any atom is 0.252 e. The van der Waals surface area contributed by atoms with E-state index < -0.39 is 5.82 Å². The second-order valence-electron chi connectivity index (χ2n) is 6.64. The van der Waals surface area contributed by atoms with Crippen molar-refractivity contribution in [3.63, 3.8) is 0 Å². The molecule has 2 atom stereocenters. The third-order valence-electron chi connectivity index (χ3n) is 4.74. The van der Waals surface area contributed by atoms with E-state index in [1.165, 1.54) is 50.3 Å². The lowest BCUT2D eigenvalue weighted by Crippen LogP contribution is -2.39. The van der Waals surface area contributed by atoms with Crippen molar-refractivity contribution in [1.29, 1.82) is 0 Å². The second-order valence-corrected chi connectivity index (χ2v) is 7.49. The molecule has 0 spiro atoms. The molecule has 4 nitrogen and oxygen atoms in total. The van der Waals surface area contributed by atoms with Gasteiger partial charge in [-0.1, -0.05) is 26.2 Å². The molecule has 0 aliphatic heterocycles. The van der Waals surface area contributed by atoms with Crippen LogP contribution < -0.4 is 10.6 Å². The first kappa shape index (κ1) is 19.9. The topological polar surface area (TPSA) is 58.2 Å². The molecule has 0 bridgehead atoms. The summed E-state index contributed by atoms with van der Waals surface area (Å²) in [5.74, 6) is -0.306. The van der Waals surface area contributed by atoms with Crippen LogP contribution in [0.15, 0.2) is 22.7 Å². The molecule has 1 aliphatic rings. The Hall–Kier alpha value is -1.43. The Bertz CT molecular complexity index is 609. The van der Waals surface area contributed by atoms with Crippen LogP contribution in [0.5, 0.6) is 0 Å². The van der Waals surface area contributed by atoms with Crippen molar-refractivity contribution in [2.24, 2.45) is 5.92 Å². The number of hydrogen-bond acceptors (Lipinski definition) is 2. The van der Waals surface area contributed by atoms with Crippen molar-refractivity contribution < 1.29 is 14.0 Å². The summed E-state index contributed by atoms with van der Waals surface area (Å²) in [6.07, 6.45) is 7.19. The minimum atomic E-state index is -0.467. The van der Waals surface area contributed by atoms with Crippen molar-refractivity contribution in [2.75, 3.05) is 6.54 Å². The standard InChI is InChI=1S/C19H26BrFN2O2/c1-2-3-5-13-6-4-7-17(13)23-18(24)10-11-22-19(25)15-12-14(21)8-9-16(15)20/h8-9,12-13,17H,2-7,10-11H2,1H3,(H,22,25)(H,23,24). The predicted molar refractivity (Wildman–Crippen MR) is 99.8 cm³/mol. The third-order valence-corrected chi connectivity index (χ3v) is 5.44. The van der Waals surface area contributed by atoms with Gasteiger partial charge in [-0.05, 0) is 59.3 Å². The molecular weight excluding hydrogens is 387 g/mol. The van der Waals surface area contributed by atoms with E-state index in [2.05, 4.69) is 33.5 Å². The molecule has 0 aromatic heterocycles. The summed E-state index contributed by atoms with van der Waals surface area (Å²) < 4.78 is 13.8. The van der Waals surface area contributed by atoms with Gasteiger partial charge in [0.2, 0.25) is 5.91 Å².